The van der Waals surface area contributed by atoms with Gasteiger partial charge < -0.3 is 14.8 Å². The molecular weight excluding hydrogens is 285 g/mol. The fourth-order valence-electron chi connectivity index (χ4n) is 2.64. The lowest BCUT2D eigenvalue weighted by atomic mass is 10.1. The number of rotatable bonds is 5. The Morgan fingerprint density at radius 2 is 2.32 bits per heavy atom. The van der Waals surface area contributed by atoms with Crippen LogP contribution in [0.4, 0.5) is 4.39 Å². The Kier molecular flexibility index (Phi) is 4.49. The number of fused-ring (bicyclic) bond motifs is 1. The maximum absolute atomic E-state index is 14.1. The second-order valence-electron chi connectivity index (χ2n) is 5.41. The molecule has 117 valence electrons. The van der Waals surface area contributed by atoms with E-state index in [0.717, 1.165) is 0 Å². The molecule has 2 aromatic heterocycles. The molecule has 0 unspecified atom stereocenters. The Hall–Kier alpha value is -1.79. The van der Waals surface area contributed by atoms with Crippen LogP contribution in [0, 0.1) is 18.7 Å². The predicted octanol–water partition coefficient (Wildman–Crippen LogP) is 1.76. The van der Waals surface area contributed by atoms with Crippen molar-refractivity contribution in [1.82, 2.24) is 15.3 Å². The lowest BCUT2D eigenvalue weighted by Gasteiger charge is -2.15. The number of hydrogen-bond acceptors (Lipinski definition) is 5. The van der Waals surface area contributed by atoms with Crippen molar-refractivity contribution in [3.63, 3.8) is 0 Å². The van der Waals surface area contributed by atoms with Gasteiger partial charge in [0.25, 0.3) is 0 Å². The van der Waals surface area contributed by atoms with Crippen LogP contribution in [-0.4, -0.2) is 42.9 Å². The van der Waals surface area contributed by atoms with Crippen molar-refractivity contribution >= 4 is 11.0 Å². The van der Waals surface area contributed by atoms with Crippen molar-refractivity contribution in [3.05, 3.63) is 36.6 Å². The number of ether oxygens (including phenoxy) is 2. The van der Waals surface area contributed by atoms with Crippen LogP contribution in [0.15, 0.2) is 18.3 Å². The standard InChI is InChI=1S/C16H19FN3O2/c1-10-8-22-9-14(10)18-6-5-11-12(17)7-19-13-3-4-15(21-2)20-16(11)13/h3-4,7,10,14,18H,1,5-6,8-9H2,2H3/t10-,14-/m0/s1. The lowest BCUT2D eigenvalue weighted by Crippen LogP contribution is -2.35. The smallest absolute Gasteiger partial charge is 0.213 e. The molecule has 1 saturated heterocycles. The predicted molar refractivity (Wildman–Crippen MR) is 81.2 cm³/mol. The van der Waals surface area contributed by atoms with Gasteiger partial charge in [0.2, 0.25) is 5.88 Å². The third-order valence-corrected chi connectivity index (χ3v) is 3.93. The van der Waals surface area contributed by atoms with Crippen molar-refractivity contribution in [2.75, 3.05) is 26.9 Å². The second kappa shape index (κ2) is 6.54. The molecule has 0 saturated carbocycles. The number of nitrogens with one attached hydrogen (secondary N) is 1. The maximum Gasteiger partial charge on any atom is 0.213 e. The summed E-state index contributed by atoms with van der Waals surface area (Å²) in [6.45, 7) is 5.99. The zero-order valence-electron chi connectivity index (χ0n) is 12.5. The van der Waals surface area contributed by atoms with Crippen LogP contribution in [0.3, 0.4) is 0 Å². The SMILES string of the molecule is [CH2][C@H]1COC[C@@H]1NCCc1c(F)cnc2ccc(OC)nc12. The summed E-state index contributed by atoms with van der Waals surface area (Å²) in [4.78, 5) is 8.40. The van der Waals surface area contributed by atoms with E-state index in [1.165, 1.54) is 13.3 Å². The van der Waals surface area contributed by atoms with Crippen molar-refractivity contribution in [1.29, 1.82) is 0 Å². The maximum atomic E-state index is 14.1. The fourth-order valence-corrected chi connectivity index (χ4v) is 2.64. The first-order chi connectivity index (χ1) is 10.7. The van der Waals surface area contributed by atoms with Gasteiger partial charge in [0.05, 0.1) is 37.6 Å². The number of aromatic nitrogens is 2. The first-order valence-electron chi connectivity index (χ1n) is 7.31. The monoisotopic (exact) mass is 304 g/mol. The molecular formula is C16H19FN3O2. The average Bonchev–Trinajstić information content (AvgIpc) is 2.94. The van der Waals surface area contributed by atoms with E-state index in [1.54, 1.807) is 12.1 Å². The molecule has 22 heavy (non-hydrogen) atoms. The molecule has 1 fully saturated rings. The highest BCUT2D eigenvalue weighted by atomic mass is 19.1. The largest absolute Gasteiger partial charge is 0.481 e. The zero-order chi connectivity index (χ0) is 15.5. The summed E-state index contributed by atoms with van der Waals surface area (Å²) in [6.07, 6.45) is 1.77. The van der Waals surface area contributed by atoms with E-state index < -0.39 is 0 Å². The Morgan fingerprint density at radius 1 is 1.45 bits per heavy atom. The molecule has 0 spiro atoms. The summed E-state index contributed by atoms with van der Waals surface area (Å²) < 4.78 is 24.6. The van der Waals surface area contributed by atoms with Gasteiger partial charge in [0, 0.05) is 17.7 Å². The number of hydrogen-bond donors (Lipinski definition) is 1. The molecule has 6 heteroatoms. The van der Waals surface area contributed by atoms with Crippen LogP contribution >= 0.6 is 0 Å². The summed E-state index contributed by atoms with van der Waals surface area (Å²) in [6, 6.07) is 3.73. The third kappa shape index (κ3) is 3.03. The van der Waals surface area contributed by atoms with Gasteiger partial charge in [-0.3, -0.25) is 4.98 Å². The normalized spacial score (nSPS) is 21.4. The topological polar surface area (TPSA) is 56.3 Å². The number of pyridine rings is 2. The van der Waals surface area contributed by atoms with E-state index in [-0.39, 0.29) is 17.8 Å². The van der Waals surface area contributed by atoms with E-state index in [9.17, 15) is 4.39 Å². The molecule has 1 aliphatic rings. The Labute approximate surface area is 128 Å². The molecule has 0 aliphatic carbocycles. The van der Waals surface area contributed by atoms with Gasteiger partial charge in [-0.05, 0) is 31.9 Å². The fraction of sp³-hybridized carbons (Fsp3) is 0.438. The van der Waals surface area contributed by atoms with Crippen molar-refractivity contribution in [2.24, 2.45) is 5.92 Å². The van der Waals surface area contributed by atoms with Crippen molar-refractivity contribution in [3.8, 4) is 5.88 Å². The van der Waals surface area contributed by atoms with Crippen LogP contribution in [0.2, 0.25) is 0 Å². The minimum absolute atomic E-state index is 0.221. The minimum atomic E-state index is -0.344. The Morgan fingerprint density at radius 3 is 3.05 bits per heavy atom. The van der Waals surface area contributed by atoms with E-state index in [4.69, 9.17) is 9.47 Å². The van der Waals surface area contributed by atoms with Crippen LogP contribution < -0.4 is 10.1 Å². The van der Waals surface area contributed by atoms with Crippen molar-refractivity contribution < 1.29 is 13.9 Å². The summed E-state index contributed by atoms with van der Waals surface area (Å²) in [5.41, 5.74) is 1.77. The molecule has 1 N–H and O–H groups in total. The van der Waals surface area contributed by atoms with Crippen LogP contribution in [0.25, 0.3) is 11.0 Å². The van der Waals surface area contributed by atoms with Gasteiger partial charge >= 0.3 is 0 Å². The molecule has 1 aliphatic heterocycles. The number of methoxy groups -OCH3 is 1. The van der Waals surface area contributed by atoms with E-state index in [2.05, 4.69) is 22.2 Å². The molecule has 0 bridgehead atoms. The molecule has 0 amide bonds. The second-order valence-corrected chi connectivity index (χ2v) is 5.41. The first-order valence-corrected chi connectivity index (χ1v) is 7.31. The van der Waals surface area contributed by atoms with Gasteiger partial charge in [0.15, 0.2) is 0 Å². The summed E-state index contributed by atoms with van der Waals surface area (Å²) in [7, 11) is 1.54. The van der Waals surface area contributed by atoms with Crippen LogP contribution in [0.5, 0.6) is 5.88 Å². The molecule has 3 rings (SSSR count). The van der Waals surface area contributed by atoms with Gasteiger partial charge in [-0.1, -0.05) is 0 Å². The molecule has 5 nitrogen and oxygen atoms in total. The molecule has 1 radical (unpaired) electrons. The Balaban J connectivity index is 1.78. The third-order valence-electron chi connectivity index (χ3n) is 3.93. The quantitative estimate of drug-likeness (QED) is 0.912. The molecule has 2 aromatic rings. The first kappa shape index (κ1) is 15.1. The van der Waals surface area contributed by atoms with Gasteiger partial charge in [-0.25, -0.2) is 9.37 Å². The molecule has 3 heterocycles. The number of halogens is 1. The van der Waals surface area contributed by atoms with Gasteiger partial charge in [-0.2, -0.15) is 0 Å². The minimum Gasteiger partial charge on any atom is -0.481 e. The zero-order valence-corrected chi connectivity index (χ0v) is 12.5. The van der Waals surface area contributed by atoms with E-state index in [0.29, 0.717) is 48.7 Å². The average molecular weight is 304 g/mol. The highest BCUT2D eigenvalue weighted by Gasteiger charge is 2.23. The van der Waals surface area contributed by atoms with E-state index in [1.807, 2.05) is 0 Å². The summed E-state index contributed by atoms with van der Waals surface area (Å²) in [5.74, 6) is 0.345. The molecule has 0 aromatic carbocycles. The lowest BCUT2D eigenvalue weighted by molar-refractivity contribution is 0.186. The van der Waals surface area contributed by atoms with Gasteiger partial charge in [-0.15, -0.1) is 0 Å². The van der Waals surface area contributed by atoms with Crippen LogP contribution in [0.1, 0.15) is 5.56 Å². The summed E-state index contributed by atoms with van der Waals surface area (Å²) in [5, 5.41) is 3.37. The van der Waals surface area contributed by atoms with Gasteiger partial charge in [0.1, 0.15) is 5.82 Å². The van der Waals surface area contributed by atoms with Crippen LogP contribution in [-0.2, 0) is 11.2 Å². The van der Waals surface area contributed by atoms with E-state index >= 15 is 0 Å². The Bertz CT molecular complexity index is 665. The summed E-state index contributed by atoms with van der Waals surface area (Å²) >= 11 is 0. The highest BCUT2D eigenvalue weighted by Crippen LogP contribution is 2.21. The molecule has 2 atom stereocenters. The van der Waals surface area contributed by atoms with Crippen molar-refractivity contribution in [2.45, 2.75) is 12.5 Å². The highest BCUT2D eigenvalue weighted by molar-refractivity contribution is 5.78. The number of nitrogens with zero attached hydrogens (tertiary/aromatic N) is 2.